The molecule has 1 heterocycles. The number of carbonyl (C=O) groups is 1. The number of nitrogens with zero attached hydrogens (tertiary/aromatic N) is 2. The number of hydrogen-bond donors (Lipinski definition) is 1. The molecule has 1 amide bonds. The molecule has 1 aromatic carbocycles. The van der Waals surface area contributed by atoms with Gasteiger partial charge in [0, 0.05) is 12.7 Å². The molecule has 0 saturated heterocycles. The van der Waals surface area contributed by atoms with E-state index in [1.54, 1.807) is 6.20 Å². The molecule has 4 nitrogen and oxygen atoms in total. The second kappa shape index (κ2) is 16.8. The zero-order valence-electron chi connectivity index (χ0n) is 14.6. The van der Waals surface area contributed by atoms with E-state index in [1.165, 1.54) is 6.20 Å². The second-order valence-corrected chi connectivity index (χ2v) is 3.56. The van der Waals surface area contributed by atoms with Crippen LogP contribution in [-0.4, -0.2) is 22.4 Å². The minimum Gasteiger partial charge on any atom is -0.351 e. The Morgan fingerprint density at radius 3 is 1.68 bits per heavy atom. The molecule has 0 aliphatic rings. The first kappa shape index (κ1) is 22.1. The molecule has 2 aromatic rings. The number of amides is 1. The van der Waals surface area contributed by atoms with Crippen LogP contribution >= 0.6 is 0 Å². The quantitative estimate of drug-likeness (QED) is 0.901. The van der Waals surface area contributed by atoms with Gasteiger partial charge < -0.3 is 5.32 Å². The summed E-state index contributed by atoms with van der Waals surface area (Å²) in [5, 5.41) is 2.64. The molecule has 0 spiro atoms. The Hall–Kier alpha value is -2.23. The molecule has 0 unspecified atom stereocenters. The number of rotatable bonds is 2. The van der Waals surface area contributed by atoms with E-state index >= 15 is 0 Å². The van der Waals surface area contributed by atoms with Gasteiger partial charge >= 0.3 is 0 Å². The van der Waals surface area contributed by atoms with E-state index in [-0.39, 0.29) is 5.91 Å². The minimum absolute atomic E-state index is 0.176. The second-order valence-electron chi connectivity index (χ2n) is 3.56. The lowest BCUT2D eigenvalue weighted by atomic mass is 10.4. The molecule has 0 fully saturated rings. The molecule has 0 bridgehead atoms. The summed E-state index contributed by atoms with van der Waals surface area (Å²) in [6.07, 6.45) is 3.05. The van der Waals surface area contributed by atoms with E-state index in [1.807, 2.05) is 77.9 Å². The van der Waals surface area contributed by atoms with Gasteiger partial charge in [0.1, 0.15) is 5.69 Å². The monoisotopic (exact) mass is 303 g/mol. The Balaban J connectivity index is 0. The first-order valence-corrected chi connectivity index (χ1v) is 7.81. The summed E-state index contributed by atoms with van der Waals surface area (Å²) >= 11 is 0. The first-order valence-electron chi connectivity index (χ1n) is 7.81. The number of nitrogens with one attached hydrogen (secondary N) is 1. The van der Waals surface area contributed by atoms with E-state index < -0.39 is 0 Å². The number of benzene rings is 1. The van der Waals surface area contributed by atoms with Gasteiger partial charge in [0.25, 0.3) is 5.91 Å². The van der Waals surface area contributed by atoms with Crippen molar-refractivity contribution in [1.82, 2.24) is 15.3 Å². The topological polar surface area (TPSA) is 54.9 Å². The van der Waals surface area contributed by atoms with Crippen molar-refractivity contribution in [2.75, 3.05) is 6.54 Å². The van der Waals surface area contributed by atoms with Crippen LogP contribution in [0, 0.1) is 6.92 Å². The zero-order chi connectivity index (χ0) is 17.2. The van der Waals surface area contributed by atoms with Crippen LogP contribution in [0.15, 0.2) is 48.8 Å². The van der Waals surface area contributed by atoms with E-state index in [2.05, 4.69) is 15.3 Å². The van der Waals surface area contributed by atoms with Crippen LogP contribution in [0.1, 0.15) is 50.8 Å². The van der Waals surface area contributed by atoms with Gasteiger partial charge in [-0.2, -0.15) is 0 Å². The fourth-order valence-corrected chi connectivity index (χ4v) is 1.15. The molecule has 1 aromatic heterocycles. The van der Waals surface area contributed by atoms with E-state index in [0.29, 0.717) is 12.2 Å². The summed E-state index contributed by atoms with van der Waals surface area (Å²) in [7, 11) is 0. The lowest BCUT2D eigenvalue weighted by Crippen LogP contribution is -2.23. The molecule has 0 atom stereocenters. The van der Waals surface area contributed by atoms with E-state index in [0.717, 1.165) is 5.69 Å². The predicted octanol–water partition coefficient (Wildman–Crippen LogP) is 4.27. The smallest absolute Gasteiger partial charge is 0.271 e. The third-order valence-electron chi connectivity index (χ3n) is 2.02. The highest BCUT2D eigenvalue weighted by Gasteiger charge is 2.04. The number of aromatic nitrogens is 2. The van der Waals surface area contributed by atoms with Gasteiger partial charge in [-0.1, -0.05) is 64.1 Å². The van der Waals surface area contributed by atoms with Crippen LogP contribution < -0.4 is 5.32 Å². The molecular weight excluding hydrogens is 274 g/mol. The fourth-order valence-electron chi connectivity index (χ4n) is 1.15. The molecule has 0 aliphatic carbocycles. The third kappa shape index (κ3) is 11.6. The third-order valence-corrected chi connectivity index (χ3v) is 2.02. The van der Waals surface area contributed by atoms with Gasteiger partial charge in [-0.25, -0.2) is 4.98 Å². The van der Waals surface area contributed by atoms with Crippen molar-refractivity contribution in [3.63, 3.8) is 0 Å². The largest absolute Gasteiger partial charge is 0.351 e. The highest BCUT2D eigenvalue weighted by atomic mass is 16.1. The maximum absolute atomic E-state index is 11.1. The van der Waals surface area contributed by atoms with E-state index in [4.69, 9.17) is 0 Å². The molecule has 0 aliphatic heterocycles. The summed E-state index contributed by atoms with van der Waals surface area (Å²) in [6.45, 7) is 12.3. The maximum atomic E-state index is 11.1. The molecular formula is C18H29N3O. The number of hydrogen-bond acceptors (Lipinski definition) is 3. The first-order chi connectivity index (χ1) is 10.7. The summed E-state index contributed by atoms with van der Waals surface area (Å²) < 4.78 is 0. The van der Waals surface area contributed by atoms with Crippen LogP contribution in [0.5, 0.6) is 0 Å². The van der Waals surface area contributed by atoms with Crippen molar-refractivity contribution in [2.45, 2.75) is 41.5 Å². The summed E-state index contributed by atoms with van der Waals surface area (Å²) in [6, 6.07) is 12.0. The van der Waals surface area contributed by atoms with Crippen molar-refractivity contribution in [1.29, 1.82) is 0 Å². The highest BCUT2D eigenvalue weighted by molar-refractivity contribution is 5.91. The molecule has 1 N–H and O–H groups in total. The number of carbonyl (C=O) groups excluding carboxylic acids is 1. The van der Waals surface area contributed by atoms with Gasteiger partial charge in [0.2, 0.25) is 0 Å². The normalized spacial score (nSPS) is 7.91. The summed E-state index contributed by atoms with van der Waals surface area (Å²) in [5.74, 6) is -0.176. The number of aryl methyl sites for hydroxylation is 1. The average molecular weight is 303 g/mol. The molecule has 0 saturated carbocycles. The van der Waals surface area contributed by atoms with Gasteiger partial charge in [-0.05, 0) is 13.8 Å². The average Bonchev–Trinajstić information content (AvgIpc) is 2.61. The lowest BCUT2D eigenvalue weighted by molar-refractivity contribution is 0.0950. The Bertz CT molecular complexity index is 429. The van der Waals surface area contributed by atoms with Gasteiger partial charge in [0.05, 0.1) is 11.9 Å². The van der Waals surface area contributed by atoms with Crippen molar-refractivity contribution in [3.8, 4) is 0 Å². The van der Waals surface area contributed by atoms with E-state index in [9.17, 15) is 4.79 Å². The minimum atomic E-state index is -0.176. The van der Waals surface area contributed by atoms with Crippen molar-refractivity contribution in [3.05, 3.63) is 60.2 Å². The highest BCUT2D eigenvalue weighted by Crippen LogP contribution is 1.92. The predicted molar refractivity (Wildman–Crippen MR) is 93.9 cm³/mol. The zero-order valence-corrected chi connectivity index (χ0v) is 14.6. The lowest BCUT2D eigenvalue weighted by Gasteiger charge is -1.99. The van der Waals surface area contributed by atoms with Crippen molar-refractivity contribution < 1.29 is 4.79 Å². The van der Waals surface area contributed by atoms with Crippen molar-refractivity contribution in [2.24, 2.45) is 0 Å². The van der Waals surface area contributed by atoms with Crippen LogP contribution in [-0.2, 0) is 0 Å². The van der Waals surface area contributed by atoms with Gasteiger partial charge in [0.15, 0.2) is 0 Å². The van der Waals surface area contributed by atoms with Crippen LogP contribution in [0.2, 0.25) is 0 Å². The van der Waals surface area contributed by atoms with Crippen molar-refractivity contribution >= 4 is 5.91 Å². The fraction of sp³-hybridized carbons (Fsp3) is 0.389. The Morgan fingerprint density at radius 2 is 1.36 bits per heavy atom. The van der Waals surface area contributed by atoms with Crippen LogP contribution in [0.25, 0.3) is 0 Å². The molecule has 0 radical (unpaired) electrons. The molecule has 2 rings (SSSR count). The molecule has 22 heavy (non-hydrogen) atoms. The Kier molecular flexibility index (Phi) is 16.9. The Morgan fingerprint density at radius 1 is 0.909 bits per heavy atom. The summed E-state index contributed by atoms with van der Waals surface area (Å²) in [5.41, 5.74) is 1.17. The van der Waals surface area contributed by atoms with Crippen LogP contribution in [0.3, 0.4) is 0 Å². The molecule has 122 valence electrons. The van der Waals surface area contributed by atoms with Gasteiger partial charge in [-0.3, -0.25) is 9.78 Å². The Labute approximate surface area is 135 Å². The van der Waals surface area contributed by atoms with Crippen LogP contribution in [0.4, 0.5) is 0 Å². The molecule has 4 heteroatoms. The summed E-state index contributed by atoms with van der Waals surface area (Å²) in [4.78, 5) is 19.0. The SMILES string of the molecule is CC.CC.CCNC(=O)c1cnc(C)cn1.c1ccccc1. The maximum Gasteiger partial charge on any atom is 0.271 e. The van der Waals surface area contributed by atoms with Gasteiger partial charge in [-0.15, -0.1) is 0 Å². The standard InChI is InChI=1S/C8H11N3O.C6H6.2C2H6/c1-3-9-8(12)7-5-10-6(2)4-11-7;1-2-4-6-5-3-1;2*1-2/h4-5H,3H2,1-2H3,(H,9,12);1-6H;2*1-2H3.